The molecule has 1 atom stereocenters. The van der Waals surface area contributed by atoms with Crippen molar-refractivity contribution in [1.29, 1.82) is 0 Å². The molecule has 0 bridgehead atoms. The van der Waals surface area contributed by atoms with Crippen molar-refractivity contribution in [2.24, 2.45) is 0 Å². The van der Waals surface area contributed by atoms with E-state index in [4.69, 9.17) is 0 Å². The van der Waals surface area contributed by atoms with Gasteiger partial charge in [0.25, 0.3) is 5.69 Å². The van der Waals surface area contributed by atoms with Gasteiger partial charge >= 0.3 is 6.18 Å². The molecule has 1 aliphatic heterocycles. The van der Waals surface area contributed by atoms with Crippen molar-refractivity contribution in [2.45, 2.75) is 18.2 Å². The monoisotopic (exact) mass is 332 g/mol. The molecule has 118 valence electrons. The van der Waals surface area contributed by atoms with Crippen molar-refractivity contribution in [3.05, 3.63) is 39.6 Å². The lowest BCUT2D eigenvalue weighted by molar-refractivity contribution is -0.387. The topological polar surface area (TPSA) is 79.2 Å². The molecule has 0 radical (unpaired) electrons. The molecule has 5 nitrogen and oxygen atoms in total. The first-order chi connectivity index (χ1) is 10.2. The molecule has 0 aliphatic carbocycles. The highest BCUT2D eigenvalue weighted by Gasteiger charge is 2.40. The maximum Gasteiger partial charge on any atom is 0.423 e. The Bertz CT molecular complexity index is 751. The number of H-pyrrole nitrogens is 1. The molecular weight excluding hydrogens is 321 g/mol. The average Bonchev–Trinajstić information content (AvgIpc) is 3.02. The van der Waals surface area contributed by atoms with Crippen molar-refractivity contribution in [3.8, 4) is 0 Å². The van der Waals surface area contributed by atoms with E-state index in [1.165, 1.54) is 6.07 Å². The zero-order valence-electron chi connectivity index (χ0n) is 11.1. The molecule has 1 aliphatic rings. The van der Waals surface area contributed by atoms with Crippen LogP contribution in [0.3, 0.4) is 0 Å². The van der Waals surface area contributed by atoms with Crippen LogP contribution in [0.25, 0.3) is 10.9 Å². The number of nitrogens with one attached hydrogen (secondary N) is 1. The predicted octanol–water partition coefficient (Wildman–Crippen LogP) is 3.42. The van der Waals surface area contributed by atoms with Gasteiger partial charge in [-0.3, -0.25) is 10.1 Å². The van der Waals surface area contributed by atoms with Crippen LogP contribution in [0.2, 0.25) is 0 Å². The number of hydrogen-bond acceptors (Lipinski definition) is 4. The second-order valence-electron chi connectivity index (χ2n) is 5.23. The second-order valence-corrected chi connectivity index (χ2v) is 6.33. The van der Waals surface area contributed by atoms with Crippen molar-refractivity contribution >= 4 is 28.4 Å². The van der Waals surface area contributed by atoms with Crippen molar-refractivity contribution in [2.75, 3.05) is 11.5 Å². The molecular formula is C13H11F3N2O3S. The molecule has 1 unspecified atom stereocenters. The van der Waals surface area contributed by atoms with Gasteiger partial charge in [0.2, 0.25) is 0 Å². The summed E-state index contributed by atoms with van der Waals surface area (Å²) in [6, 6.07) is 3.10. The lowest BCUT2D eigenvalue weighted by atomic mass is 9.99. The summed E-state index contributed by atoms with van der Waals surface area (Å²) >= 11 is 1.54. The summed E-state index contributed by atoms with van der Waals surface area (Å²) in [6.45, 7) is 0. The third-order valence-electron chi connectivity index (χ3n) is 3.74. The summed E-state index contributed by atoms with van der Waals surface area (Å²) in [6.07, 6.45) is -4.33. The van der Waals surface area contributed by atoms with Gasteiger partial charge in [-0.1, -0.05) is 0 Å². The SMILES string of the molecule is O=[N+]([O-])c1cc2cc(C3(O)CCSC3)[nH]c2cc1C(F)(F)F. The number of hydrogen-bond donors (Lipinski definition) is 2. The Hall–Kier alpha value is -1.74. The van der Waals surface area contributed by atoms with Crippen molar-refractivity contribution in [1.82, 2.24) is 4.98 Å². The first-order valence-corrected chi connectivity index (χ1v) is 7.55. The summed E-state index contributed by atoms with van der Waals surface area (Å²) in [5.41, 5.74) is -2.90. The van der Waals surface area contributed by atoms with Crippen LogP contribution in [0.1, 0.15) is 17.7 Å². The number of halogens is 3. The number of thioether (sulfide) groups is 1. The number of benzene rings is 1. The largest absolute Gasteiger partial charge is 0.423 e. The van der Waals surface area contributed by atoms with Gasteiger partial charge in [0, 0.05) is 28.4 Å². The zero-order chi connectivity index (χ0) is 16.1. The van der Waals surface area contributed by atoms with Crippen LogP contribution in [0, 0.1) is 10.1 Å². The fraction of sp³-hybridized carbons (Fsp3) is 0.385. The summed E-state index contributed by atoms with van der Waals surface area (Å²) in [5.74, 6) is 1.19. The Kier molecular flexibility index (Phi) is 3.37. The van der Waals surface area contributed by atoms with E-state index in [1.54, 1.807) is 11.8 Å². The molecule has 2 aromatic rings. The number of aromatic amines is 1. The Morgan fingerprint density at radius 2 is 2.09 bits per heavy atom. The average molecular weight is 332 g/mol. The number of nitro groups is 1. The Morgan fingerprint density at radius 1 is 1.36 bits per heavy atom. The van der Waals surface area contributed by atoms with Crippen LogP contribution < -0.4 is 0 Å². The van der Waals surface area contributed by atoms with Crippen molar-refractivity contribution in [3.63, 3.8) is 0 Å². The van der Waals surface area contributed by atoms with Gasteiger partial charge in [-0.25, -0.2) is 0 Å². The molecule has 2 heterocycles. The molecule has 1 aromatic carbocycles. The van der Waals surface area contributed by atoms with Crippen LogP contribution in [-0.2, 0) is 11.8 Å². The summed E-state index contributed by atoms with van der Waals surface area (Å²) in [5, 5.41) is 21.6. The quantitative estimate of drug-likeness (QED) is 0.652. The van der Waals surface area contributed by atoms with E-state index in [0.29, 0.717) is 17.9 Å². The summed E-state index contributed by atoms with van der Waals surface area (Å²) < 4.78 is 38.8. The third kappa shape index (κ3) is 2.44. The van der Waals surface area contributed by atoms with Crippen LogP contribution in [0.15, 0.2) is 18.2 Å². The number of nitro benzene ring substituents is 1. The van der Waals surface area contributed by atoms with Crippen LogP contribution in [-0.4, -0.2) is 26.5 Å². The van der Waals surface area contributed by atoms with E-state index in [-0.39, 0.29) is 10.9 Å². The van der Waals surface area contributed by atoms with E-state index >= 15 is 0 Å². The Labute approximate surface area is 126 Å². The van der Waals surface area contributed by atoms with Gasteiger partial charge in [0.15, 0.2) is 0 Å². The van der Waals surface area contributed by atoms with E-state index < -0.39 is 28.0 Å². The molecule has 0 spiro atoms. The highest BCUT2D eigenvalue weighted by Crippen LogP contribution is 2.41. The maximum absolute atomic E-state index is 12.9. The lowest BCUT2D eigenvalue weighted by Crippen LogP contribution is -2.25. The molecule has 1 aromatic heterocycles. The molecule has 0 amide bonds. The smallest absolute Gasteiger partial charge is 0.383 e. The minimum Gasteiger partial charge on any atom is -0.383 e. The number of aromatic nitrogens is 1. The summed E-state index contributed by atoms with van der Waals surface area (Å²) in [7, 11) is 0. The van der Waals surface area contributed by atoms with Gasteiger partial charge in [0.05, 0.1) is 4.92 Å². The normalized spacial score (nSPS) is 22.4. The summed E-state index contributed by atoms with van der Waals surface area (Å²) in [4.78, 5) is 12.6. The maximum atomic E-state index is 12.9. The number of alkyl halides is 3. The van der Waals surface area contributed by atoms with E-state index in [1.807, 2.05) is 0 Å². The fourth-order valence-electron chi connectivity index (χ4n) is 2.56. The molecule has 0 saturated carbocycles. The van der Waals surface area contributed by atoms with Gasteiger partial charge in [-0.05, 0) is 24.3 Å². The minimum absolute atomic E-state index is 0.123. The molecule has 1 fully saturated rings. The molecule has 22 heavy (non-hydrogen) atoms. The van der Waals surface area contributed by atoms with Crippen molar-refractivity contribution < 1.29 is 23.2 Å². The van der Waals surface area contributed by atoms with E-state index in [9.17, 15) is 28.4 Å². The first-order valence-electron chi connectivity index (χ1n) is 6.40. The number of fused-ring (bicyclic) bond motifs is 1. The fourth-order valence-corrected chi connectivity index (χ4v) is 3.83. The van der Waals surface area contributed by atoms with Crippen LogP contribution in [0.5, 0.6) is 0 Å². The van der Waals surface area contributed by atoms with Gasteiger partial charge < -0.3 is 10.1 Å². The molecule has 2 N–H and O–H groups in total. The molecule has 1 saturated heterocycles. The third-order valence-corrected chi connectivity index (χ3v) is 4.92. The zero-order valence-corrected chi connectivity index (χ0v) is 11.9. The first kappa shape index (κ1) is 15.2. The standard InChI is InChI=1S/C13H11F3N2O3S/c14-13(15,16)8-5-9-7(3-10(8)18(20)21)4-11(17-9)12(19)1-2-22-6-12/h3-5,17,19H,1-2,6H2. The number of rotatable bonds is 2. The van der Waals surface area contributed by atoms with Gasteiger partial charge in [-0.15, -0.1) is 0 Å². The second kappa shape index (κ2) is 4.88. The van der Waals surface area contributed by atoms with Gasteiger partial charge in [0.1, 0.15) is 11.2 Å². The highest BCUT2D eigenvalue weighted by molar-refractivity contribution is 7.99. The Balaban J connectivity index is 2.18. The van der Waals surface area contributed by atoms with Crippen LogP contribution in [0.4, 0.5) is 18.9 Å². The highest BCUT2D eigenvalue weighted by atomic mass is 32.2. The molecule has 3 rings (SSSR count). The predicted molar refractivity (Wildman–Crippen MR) is 75.8 cm³/mol. The van der Waals surface area contributed by atoms with E-state index in [0.717, 1.165) is 17.9 Å². The number of nitrogens with zero attached hydrogens (tertiary/aromatic N) is 1. The minimum atomic E-state index is -4.82. The number of aliphatic hydroxyl groups is 1. The van der Waals surface area contributed by atoms with Gasteiger partial charge in [-0.2, -0.15) is 24.9 Å². The lowest BCUT2D eigenvalue weighted by Gasteiger charge is -2.19. The van der Waals surface area contributed by atoms with E-state index in [2.05, 4.69) is 4.98 Å². The van der Waals surface area contributed by atoms with Crippen LogP contribution >= 0.6 is 11.8 Å². The Morgan fingerprint density at radius 3 is 2.64 bits per heavy atom. The molecule has 9 heteroatoms.